The summed E-state index contributed by atoms with van der Waals surface area (Å²) in [4.78, 5) is 17.9. The molecule has 0 aliphatic heterocycles. The van der Waals surface area contributed by atoms with Gasteiger partial charge in [-0.2, -0.15) is 0 Å². The topological polar surface area (TPSA) is 72.3 Å². The monoisotopic (exact) mass is 312 g/mol. The summed E-state index contributed by atoms with van der Waals surface area (Å²) in [6.07, 6.45) is 2.22. The van der Waals surface area contributed by atoms with Gasteiger partial charge in [-0.25, -0.2) is 19.2 Å². The van der Waals surface area contributed by atoms with E-state index < -0.39 is 11.8 Å². The summed E-state index contributed by atoms with van der Waals surface area (Å²) in [6.45, 7) is 0. The number of carbonyl (C=O) groups is 1. The minimum atomic E-state index is -1.18. The Morgan fingerprint density at radius 2 is 2.06 bits per heavy atom. The third kappa shape index (κ3) is 3.01. The van der Waals surface area contributed by atoms with Crippen LogP contribution in [0.3, 0.4) is 0 Å². The molecular formula is C11H6BrFN2O3. The van der Waals surface area contributed by atoms with E-state index in [0.29, 0.717) is 4.47 Å². The number of benzene rings is 1. The Bertz CT molecular complexity index is 569. The summed E-state index contributed by atoms with van der Waals surface area (Å²) in [5, 5.41) is 8.64. The molecule has 1 aromatic heterocycles. The molecule has 0 unspecified atom stereocenters. The number of carboxylic acids is 1. The van der Waals surface area contributed by atoms with Crippen LogP contribution >= 0.6 is 15.9 Å². The molecule has 92 valence electrons. The Labute approximate surface area is 109 Å². The first kappa shape index (κ1) is 12.4. The first-order chi connectivity index (χ1) is 8.54. The van der Waals surface area contributed by atoms with Crippen molar-refractivity contribution in [2.24, 2.45) is 0 Å². The van der Waals surface area contributed by atoms with Crippen LogP contribution in [0, 0.1) is 5.82 Å². The summed E-state index contributed by atoms with van der Waals surface area (Å²) in [5.41, 5.74) is -0.192. The second-order valence-corrected chi connectivity index (χ2v) is 4.17. The van der Waals surface area contributed by atoms with E-state index in [1.54, 1.807) is 6.07 Å². The lowest BCUT2D eigenvalue weighted by atomic mass is 10.3. The Hall–Kier alpha value is -2.02. The van der Waals surface area contributed by atoms with Gasteiger partial charge in [-0.3, -0.25) is 0 Å². The van der Waals surface area contributed by atoms with Crippen LogP contribution in [0.1, 0.15) is 10.5 Å². The van der Waals surface area contributed by atoms with Gasteiger partial charge < -0.3 is 9.84 Å². The predicted molar refractivity (Wildman–Crippen MR) is 63.2 cm³/mol. The zero-order chi connectivity index (χ0) is 13.1. The number of hydrogen-bond donors (Lipinski definition) is 1. The maximum atomic E-state index is 13.1. The number of carboxylic acid groups (broad SMARTS) is 1. The fraction of sp³-hybridized carbons (Fsp3) is 0. The normalized spacial score (nSPS) is 10.1. The second kappa shape index (κ2) is 5.09. The van der Waals surface area contributed by atoms with Gasteiger partial charge in [-0.1, -0.05) is 15.9 Å². The lowest BCUT2D eigenvalue weighted by Crippen LogP contribution is -2.01. The maximum absolute atomic E-state index is 13.1. The third-order valence-electron chi connectivity index (χ3n) is 1.91. The van der Waals surface area contributed by atoms with Crippen molar-refractivity contribution >= 4 is 21.9 Å². The first-order valence-corrected chi connectivity index (χ1v) is 5.53. The van der Waals surface area contributed by atoms with Gasteiger partial charge in [0.1, 0.15) is 11.6 Å². The van der Waals surface area contributed by atoms with Gasteiger partial charge >= 0.3 is 5.97 Å². The predicted octanol–water partition coefficient (Wildman–Crippen LogP) is 2.87. The van der Waals surface area contributed by atoms with Gasteiger partial charge in [0.25, 0.3) is 0 Å². The van der Waals surface area contributed by atoms with Gasteiger partial charge in [-0.15, -0.1) is 0 Å². The van der Waals surface area contributed by atoms with Crippen molar-refractivity contribution < 1.29 is 19.0 Å². The summed E-state index contributed by atoms with van der Waals surface area (Å²) >= 11 is 3.12. The van der Waals surface area contributed by atoms with Gasteiger partial charge in [0.05, 0.1) is 12.4 Å². The molecule has 0 fully saturated rings. The van der Waals surface area contributed by atoms with Crippen LogP contribution in [-0.2, 0) is 0 Å². The maximum Gasteiger partial charge on any atom is 0.356 e. The molecule has 0 radical (unpaired) electrons. The highest BCUT2D eigenvalue weighted by Gasteiger charge is 2.07. The van der Waals surface area contributed by atoms with Crippen LogP contribution < -0.4 is 4.74 Å². The molecule has 0 aliphatic carbocycles. The molecule has 7 heteroatoms. The molecule has 0 spiro atoms. The van der Waals surface area contributed by atoms with E-state index in [1.165, 1.54) is 12.1 Å². The summed E-state index contributed by atoms with van der Waals surface area (Å²) < 4.78 is 18.8. The summed E-state index contributed by atoms with van der Waals surface area (Å²) in [7, 11) is 0. The molecule has 0 amide bonds. The van der Waals surface area contributed by atoms with E-state index >= 15 is 0 Å². The van der Waals surface area contributed by atoms with Gasteiger partial charge in [-0.05, 0) is 12.1 Å². The number of nitrogens with zero attached hydrogens (tertiary/aromatic N) is 2. The van der Waals surface area contributed by atoms with Crippen LogP contribution in [0.2, 0.25) is 0 Å². The third-order valence-corrected chi connectivity index (χ3v) is 2.36. The van der Waals surface area contributed by atoms with Gasteiger partial charge in [0.15, 0.2) is 5.69 Å². The number of ether oxygens (including phenoxy) is 1. The van der Waals surface area contributed by atoms with Crippen LogP contribution in [0.15, 0.2) is 35.1 Å². The van der Waals surface area contributed by atoms with Gasteiger partial charge in [0.2, 0.25) is 5.88 Å². The highest BCUT2D eigenvalue weighted by atomic mass is 79.9. The fourth-order valence-corrected chi connectivity index (χ4v) is 1.63. The summed E-state index contributed by atoms with van der Waals surface area (Å²) in [6, 6.07) is 4.01. The van der Waals surface area contributed by atoms with Crippen molar-refractivity contribution in [3.63, 3.8) is 0 Å². The van der Waals surface area contributed by atoms with Crippen molar-refractivity contribution in [1.29, 1.82) is 0 Å². The molecule has 1 N–H and O–H groups in total. The number of rotatable bonds is 3. The lowest BCUT2D eigenvalue weighted by Gasteiger charge is -2.04. The molecule has 18 heavy (non-hydrogen) atoms. The summed E-state index contributed by atoms with van der Waals surface area (Å²) in [5.74, 6) is -1.33. The highest BCUT2D eigenvalue weighted by molar-refractivity contribution is 9.10. The quantitative estimate of drug-likeness (QED) is 0.943. The van der Waals surface area contributed by atoms with Crippen molar-refractivity contribution in [2.45, 2.75) is 0 Å². The molecule has 0 saturated carbocycles. The molecule has 2 rings (SSSR count). The Balaban J connectivity index is 2.20. The molecule has 0 atom stereocenters. The molecule has 2 aromatic rings. The van der Waals surface area contributed by atoms with E-state index in [0.717, 1.165) is 12.4 Å². The van der Waals surface area contributed by atoms with Crippen molar-refractivity contribution in [3.8, 4) is 11.6 Å². The fourth-order valence-electron chi connectivity index (χ4n) is 1.19. The average molecular weight is 313 g/mol. The Morgan fingerprint density at radius 3 is 2.61 bits per heavy atom. The SMILES string of the molecule is O=C(O)c1cnc(Oc2cc(F)cc(Br)c2)cn1. The van der Waals surface area contributed by atoms with Crippen LogP contribution in [0.4, 0.5) is 4.39 Å². The average Bonchev–Trinajstić information content (AvgIpc) is 2.28. The van der Waals surface area contributed by atoms with E-state index in [1.807, 2.05) is 0 Å². The van der Waals surface area contributed by atoms with E-state index in [-0.39, 0.29) is 17.3 Å². The van der Waals surface area contributed by atoms with Crippen molar-refractivity contribution in [1.82, 2.24) is 9.97 Å². The molecule has 5 nitrogen and oxygen atoms in total. The standard InChI is InChI=1S/C11H6BrFN2O3/c12-6-1-7(13)3-8(2-6)18-10-5-14-9(4-15-10)11(16)17/h1-5H,(H,16,17). The molecule has 1 heterocycles. The smallest absolute Gasteiger partial charge is 0.356 e. The number of halogens is 2. The second-order valence-electron chi connectivity index (χ2n) is 3.25. The van der Waals surface area contributed by atoms with E-state index in [9.17, 15) is 9.18 Å². The molecular weight excluding hydrogens is 307 g/mol. The lowest BCUT2D eigenvalue weighted by molar-refractivity contribution is 0.0690. The first-order valence-electron chi connectivity index (χ1n) is 4.74. The largest absolute Gasteiger partial charge is 0.476 e. The molecule has 0 saturated heterocycles. The molecule has 1 aromatic carbocycles. The van der Waals surface area contributed by atoms with Crippen molar-refractivity contribution in [3.05, 3.63) is 46.6 Å². The minimum Gasteiger partial charge on any atom is -0.476 e. The highest BCUT2D eigenvalue weighted by Crippen LogP contribution is 2.24. The van der Waals surface area contributed by atoms with E-state index in [4.69, 9.17) is 9.84 Å². The Morgan fingerprint density at radius 1 is 1.28 bits per heavy atom. The zero-order valence-corrected chi connectivity index (χ0v) is 10.4. The van der Waals surface area contributed by atoms with Gasteiger partial charge in [0, 0.05) is 10.5 Å². The number of aromatic nitrogens is 2. The van der Waals surface area contributed by atoms with Crippen molar-refractivity contribution in [2.75, 3.05) is 0 Å². The number of hydrogen-bond acceptors (Lipinski definition) is 4. The van der Waals surface area contributed by atoms with Crippen LogP contribution in [-0.4, -0.2) is 21.0 Å². The zero-order valence-electron chi connectivity index (χ0n) is 8.80. The molecule has 0 bridgehead atoms. The van der Waals surface area contributed by atoms with Crippen LogP contribution in [0.25, 0.3) is 0 Å². The van der Waals surface area contributed by atoms with Crippen LogP contribution in [0.5, 0.6) is 11.6 Å². The number of aromatic carboxylic acids is 1. The molecule has 0 aliphatic rings. The Kier molecular flexibility index (Phi) is 3.52. The van der Waals surface area contributed by atoms with E-state index in [2.05, 4.69) is 25.9 Å². The minimum absolute atomic E-state index is 0.0810.